The topological polar surface area (TPSA) is 17.5 Å². The van der Waals surface area contributed by atoms with Crippen LogP contribution in [0, 0.1) is 0 Å². The van der Waals surface area contributed by atoms with Crippen molar-refractivity contribution in [3.63, 3.8) is 0 Å². The summed E-state index contributed by atoms with van der Waals surface area (Å²) in [6, 6.07) is 12.4. The molecular formula is C12H11NO. The van der Waals surface area contributed by atoms with Gasteiger partial charge in [-0.3, -0.25) is 0 Å². The van der Waals surface area contributed by atoms with Crippen molar-refractivity contribution in [2.75, 3.05) is 6.61 Å². The van der Waals surface area contributed by atoms with E-state index in [-0.39, 0.29) is 0 Å². The number of hydrogen-bond donors (Lipinski definition) is 0. The third-order valence-corrected chi connectivity index (χ3v) is 2.50. The number of nitrogens with zero attached hydrogens (tertiary/aromatic N) is 1. The Hall–Kier alpha value is -1.54. The van der Waals surface area contributed by atoms with E-state index in [1.54, 1.807) is 0 Å². The van der Waals surface area contributed by atoms with Crippen molar-refractivity contribution in [2.45, 2.75) is 6.10 Å². The molecule has 0 bridgehead atoms. The predicted molar refractivity (Wildman–Crippen MR) is 54.5 cm³/mol. The number of hydrogen-bond acceptors (Lipinski definition) is 1. The Morgan fingerprint density at radius 3 is 2.50 bits per heavy atom. The number of ether oxygens (including phenoxy) is 1. The molecule has 0 amide bonds. The van der Waals surface area contributed by atoms with E-state index in [1.165, 1.54) is 11.3 Å². The third kappa shape index (κ3) is 1.24. The second-order valence-electron chi connectivity index (χ2n) is 3.47. The van der Waals surface area contributed by atoms with Crippen molar-refractivity contribution in [3.05, 3.63) is 54.4 Å². The van der Waals surface area contributed by atoms with Crippen LogP contribution in [-0.2, 0) is 4.74 Å². The number of benzene rings is 1. The fourth-order valence-corrected chi connectivity index (χ4v) is 1.72. The molecule has 1 saturated heterocycles. The predicted octanol–water partition coefficient (Wildman–Crippen LogP) is 2.55. The van der Waals surface area contributed by atoms with E-state index in [0.29, 0.717) is 6.10 Å². The average molecular weight is 185 g/mol. The summed E-state index contributed by atoms with van der Waals surface area (Å²) < 4.78 is 7.44. The molecule has 1 aromatic heterocycles. The minimum atomic E-state index is 0.314. The lowest BCUT2D eigenvalue weighted by Gasteiger charge is -2.07. The zero-order valence-electron chi connectivity index (χ0n) is 7.76. The first kappa shape index (κ1) is 7.83. The zero-order valence-corrected chi connectivity index (χ0v) is 7.76. The molecule has 2 heteroatoms. The van der Waals surface area contributed by atoms with Crippen LogP contribution >= 0.6 is 0 Å². The van der Waals surface area contributed by atoms with Gasteiger partial charge in [-0.05, 0) is 18.2 Å². The van der Waals surface area contributed by atoms with E-state index in [0.717, 1.165) is 6.61 Å². The van der Waals surface area contributed by atoms with Crippen LogP contribution in [0.5, 0.6) is 0 Å². The van der Waals surface area contributed by atoms with Crippen LogP contribution in [0.2, 0.25) is 0 Å². The van der Waals surface area contributed by atoms with Crippen molar-refractivity contribution >= 4 is 0 Å². The molecule has 2 aromatic rings. The molecule has 1 unspecified atom stereocenters. The number of rotatable bonds is 2. The van der Waals surface area contributed by atoms with Crippen LogP contribution in [0.4, 0.5) is 0 Å². The van der Waals surface area contributed by atoms with Crippen LogP contribution in [0.1, 0.15) is 11.7 Å². The maximum Gasteiger partial charge on any atom is 0.108 e. The highest BCUT2D eigenvalue weighted by atomic mass is 16.6. The largest absolute Gasteiger partial charge is 0.368 e. The highest BCUT2D eigenvalue weighted by Crippen LogP contribution is 2.33. The monoisotopic (exact) mass is 185 g/mol. The molecule has 3 rings (SSSR count). The molecule has 70 valence electrons. The van der Waals surface area contributed by atoms with E-state index < -0.39 is 0 Å². The van der Waals surface area contributed by atoms with E-state index in [2.05, 4.69) is 41.2 Å². The summed E-state index contributed by atoms with van der Waals surface area (Å²) in [6.45, 7) is 0.859. The first-order valence-electron chi connectivity index (χ1n) is 4.79. The summed E-state index contributed by atoms with van der Waals surface area (Å²) in [5.74, 6) is 0. The van der Waals surface area contributed by atoms with Crippen LogP contribution in [0.3, 0.4) is 0 Å². The molecule has 1 atom stereocenters. The van der Waals surface area contributed by atoms with Crippen molar-refractivity contribution in [3.8, 4) is 5.69 Å². The molecular weight excluding hydrogens is 174 g/mol. The minimum Gasteiger partial charge on any atom is -0.368 e. The zero-order chi connectivity index (χ0) is 9.38. The summed E-state index contributed by atoms with van der Waals surface area (Å²) in [4.78, 5) is 0. The van der Waals surface area contributed by atoms with Gasteiger partial charge in [-0.15, -0.1) is 0 Å². The summed E-state index contributed by atoms with van der Waals surface area (Å²) >= 11 is 0. The first-order valence-corrected chi connectivity index (χ1v) is 4.79. The Kier molecular flexibility index (Phi) is 1.67. The lowest BCUT2D eigenvalue weighted by atomic mass is 10.1. The summed E-state index contributed by atoms with van der Waals surface area (Å²) in [5.41, 5.74) is 2.50. The Morgan fingerprint density at radius 2 is 1.79 bits per heavy atom. The van der Waals surface area contributed by atoms with E-state index in [1.807, 2.05) is 12.1 Å². The van der Waals surface area contributed by atoms with Gasteiger partial charge in [0.1, 0.15) is 6.10 Å². The third-order valence-electron chi connectivity index (χ3n) is 2.50. The molecule has 0 N–H and O–H groups in total. The summed E-state index contributed by atoms with van der Waals surface area (Å²) in [7, 11) is 0. The Labute approximate surface area is 82.7 Å². The maximum absolute atomic E-state index is 5.32. The molecule has 14 heavy (non-hydrogen) atoms. The normalized spacial score (nSPS) is 19.6. The van der Waals surface area contributed by atoms with Crippen molar-refractivity contribution < 1.29 is 4.74 Å². The van der Waals surface area contributed by atoms with Gasteiger partial charge >= 0.3 is 0 Å². The van der Waals surface area contributed by atoms with Crippen molar-refractivity contribution in [1.29, 1.82) is 0 Å². The van der Waals surface area contributed by atoms with Gasteiger partial charge in [-0.1, -0.05) is 18.2 Å². The molecule has 1 fully saturated rings. The number of aromatic nitrogens is 1. The number of para-hydroxylation sites is 1. The van der Waals surface area contributed by atoms with Gasteiger partial charge < -0.3 is 9.30 Å². The second-order valence-corrected chi connectivity index (χ2v) is 3.47. The maximum atomic E-state index is 5.32. The Balaban J connectivity index is 2.12. The SMILES string of the molecule is c1ccc(-n2cccc2)c(C2CO2)c1. The van der Waals surface area contributed by atoms with Gasteiger partial charge in [0.15, 0.2) is 0 Å². The second kappa shape index (κ2) is 3.00. The standard InChI is InChI=1S/C12H11NO/c1-2-6-11(13-7-3-4-8-13)10(5-1)12-9-14-12/h1-8,12H,9H2. The summed E-state index contributed by atoms with van der Waals surface area (Å²) in [6.07, 6.45) is 4.43. The smallest absolute Gasteiger partial charge is 0.108 e. The minimum absolute atomic E-state index is 0.314. The quantitative estimate of drug-likeness (QED) is 0.657. The molecule has 2 nitrogen and oxygen atoms in total. The number of epoxide rings is 1. The lowest BCUT2D eigenvalue weighted by Crippen LogP contribution is -1.95. The lowest BCUT2D eigenvalue weighted by molar-refractivity contribution is 0.415. The van der Waals surface area contributed by atoms with Crippen LogP contribution in [0.25, 0.3) is 5.69 Å². The van der Waals surface area contributed by atoms with Gasteiger partial charge in [0.05, 0.1) is 12.3 Å². The van der Waals surface area contributed by atoms with Gasteiger partial charge in [-0.25, -0.2) is 0 Å². The summed E-state index contributed by atoms with van der Waals surface area (Å²) in [5, 5.41) is 0. The highest BCUT2D eigenvalue weighted by molar-refractivity contribution is 5.44. The van der Waals surface area contributed by atoms with Gasteiger partial charge in [-0.2, -0.15) is 0 Å². The Morgan fingerprint density at radius 1 is 1.07 bits per heavy atom. The molecule has 2 heterocycles. The molecule has 1 aromatic carbocycles. The molecule has 0 radical (unpaired) electrons. The van der Waals surface area contributed by atoms with E-state index in [4.69, 9.17) is 4.74 Å². The van der Waals surface area contributed by atoms with E-state index in [9.17, 15) is 0 Å². The van der Waals surface area contributed by atoms with Gasteiger partial charge in [0.2, 0.25) is 0 Å². The molecule has 0 saturated carbocycles. The first-order chi connectivity index (χ1) is 6.95. The van der Waals surface area contributed by atoms with Crippen LogP contribution < -0.4 is 0 Å². The Bertz CT molecular complexity index is 429. The average Bonchev–Trinajstić information content (AvgIpc) is 2.94. The fourth-order valence-electron chi connectivity index (χ4n) is 1.72. The van der Waals surface area contributed by atoms with Crippen LogP contribution in [-0.4, -0.2) is 11.2 Å². The molecule has 0 spiro atoms. The molecule has 0 aliphatic carbocycles. The van der Waals surface area contributed by atoms with Crippen LogP contribution in [0.15, 0.2) is 48.8 Å². The fraction of sp³-hybridized carbons (Fsp3) is 0.167. The van der Waals surface area contributed by atoms with E-state index >= 15 is 0 Å². The molecule has 1 aliphatic rings. The molecule has 1 aliphatic heterocycles. The van der Waals surface area contributed by atoms with Gasteiger partial charge in [0.25, 0.3) is 0 Å². The van der Waals surface area contributed by atoms with Gasteiger partial charge in [0, 0.05) is 18.0 Å². The highest BCUT2D eigenvalue weighted by Gasteiger charge is 2.27. The van der Waals surface area contributed by atoms with Crippen molar-refractivity contribution in [2.24, 2.45) is 0 Å². The van der Waals surface area contributed by atoms with Crippen molar-refractivity contribution in [1.82, 2.24) is 4.57 Å².